The van der Waals surface area contributed by atoms with Crippen LogP contribution in [0.4, 0.5) is 5.82 Å². The average Bonchev–Trinajstić information content (AvgIpc) is 3.74. The molecule has 2 aliphatic rings. The van der Waals surface area contributed by atoms with Gasteiger partial charge in [-0.05, 0) is 43.9 Å². The van der Waals surface area contributed by atoms with E-state index in [9.17, 15) is 13.2 Å². The van der Waals surface area contributed by atoms with Crippen LogP contribution >= 0.6 is 0 Å². The fraction of sp³-hybridized carbons (Fsp3) is 0.333. The normalized spacial score (nSPS) is 20.6. The number of aromatic nitrogens is 8. The molecule has 41 heavy (non-hydrogen) atoms. The lowest BCUT2D eigenvalue weighted by Gasteiger charge is -2.38. The molecule has 0 spiro atoms. The Hall–Kier alpha value is -4.59. The fourth-order valence-corrected chi connectivity index (χ4v) is 7.51. The number of nitrogens with zero attached hydrogens (tertiary/aromatic N) is 8. The third kappa shape index (κ3) is 4.17. The second kappa shape index (κ2) is 9.23. The van der Waals surface area contributed by atoms with Gasteiger partial charge in [0.05, 0.1) is 11.4 Å². The van der Waals surface area contributed by atoms with Crippen LogP contribution in [0, 0.1) is 0 Å². The van der Waals surface area contributed by atoms with Gasteiger partial charge in [-0.2, -0.15) is 10.2 Å². The number of fused-ring (bicyclic) bond motifs is 3. The van der Waals surface area contributed by atoms with Crippen molar-refractivity contribution in [1.82, 2.24) is 44.2 Å². The van der Waals surface area contributed by atoms with Crippen molar-refractivity contribution in [3.05, 3.63) is 60.7 Å². The molecule has 2 fully saturated rings. The van der Waals surface area contributed by atoms with Crippen molar-refractivity contribution in [2.75, 3.05) is 12.0 Å². The zero-order valence-electron chi connectivity index (χ0n) is 22.5. The number of piperidine rings is 1. The number of amides is 1. The summed E-state index contributed by atoms with van der Waals surface area (Å²) in [6, 6.07) is 7.50. The highest BCUT2D eigenvalue weighted by molar-refractivity contribution is 7.91. The molecule has 7 rings (SSSR count). The Bertz CT molecular complexity index is 1880. The van der Waals surface area contributed by atoms with Gasteiger partial charge in [0.25, 0.3) is 5.91 Å². The number of aromatic amines is 1. The molecule has 1 amide bonds. The molecule has 210 valence electrons. The Balaban J connectivity index is 1.28. The molecule has 3 atom stereocenters. The molecular formula is C27H28N10O3S. The van der Waals surface area contributed by atoms with Gasteiger partial charge in [0.2, 0.25) is 5.82 Å². The molecule has 0 aliphatic carbocycles. The van der Waals surface area contributed by atoms with Crippen LogP contribution < -0.4 is 5.73 Å². The number of nitrogens with two attached hydrogens (primary N) is 1. The maximum Gasteiger partial charge on any atom is 0.291 e. The number of hydrogen-bond acceptors (Lipinski definition) is 9. The first-order valence-electron chi connectivity index (χ1n) is 13.3. The molecule has 7 heterocycles. The molecule has 2 bridgehead atoms. The summed E-state index contributed by atoms with van der Waals surface area (Å²) in [7, 11) is -1.85. The highest BCUT2D eigenvalue weighted by atomic mass is 32.2. The smallest absolute Gasteiger partial charge is 0.291 e. The van der Waals surface area contributed by atoms with E-state index in [1.54, 1.807) is 21.5 Å². The van der Waals surface area contributed by atoms with Crippen LogP contribution in [-0.2, 0) is 16.9 Å². The molecule has 14 heteroatoms. The Morgan fingerprint density at radius 3 is 2.44 bits per heavy atom. The molecule has 0 radical (unpaired) electrons. The first-order chi connectivity index (χ1) is 19.7. The summed E-state index contributed by atoms with van der Waals surface area (Å²) in [5, 5.41) is 10.9. The number of rotatable bonds is 5. The largest absolute Gasteiger partial charge is 0.384 e. The lowest BCUT2D eigenvalue weighted by Crippen LogP contribution is -2.46. The van der Waals surface area contributed by atoms with Crippen LogP contribution in [0.1, 0.15) is 47.9 Å². The lowest BCUT2D eigenvalue weighted by molar-refractivity contribution is 0.0556. The van der Waals surface area contributed by atoms with E-state index in [1.807, 2.05) is 42.4 Å². The minimum Gasteiger partial charge on any atom is -0.384 e. The Kier molecular flexibility index (Phi) is 5.71. The molecule has 1 unspecified atom stereocenters. The third-order valence-corrected chi connectivity index (χ3v) is 9.36. The number of nitrogen functional groups attached to an aromatic ring is 1. The molecule has 13 nitrogen and oxygen atoms in total. The van der Waals surface area contributed by atoms with Crippen molar-refractivity contribution in [3.63, 3.8) is 0 Å². The van der Waals surface area contributed by atoms with Crippen molar-refractivity contribution >= 4 is 27.2 Å². The number of aryl methyl sites for hydroxylation is 1. The van der Waals surface area contributed by atoms with Crippen molar-refractivity contribution in [2.45, 2.75) is 48.6 Å². The van der Waals surface area contributed by atoms with Crippen LogP contribution in [0.15, 0.2) is 54.1 Å². The van der Waals surface area contributed by atoms with Crippen molar-refractivity contribution in [2.24, 2.45) is 7.05 Å². The van der Waals surface area contributed by atoms with Gasteiger partial charge in [0, 0.05) is 61.0 Å². The van der Waals surface area contributed by atoms with Crippen LogP contribution in [0.5, 0.6) is 0 Å². The van der Waals surface area contributed by atoms with Gasteiger partial charge in [-0.25, -0.2) is 18.4 Å². The predicted molar refractivity (Wildman–Crippen MR) is 149 cm³/mol. The zero-order chi connectivity index (χ0) is 28.5. The summed E-state index contributed by atoms with van der Waals surface area (Å²) in [5.74, 6) is -0.0308. The standard InChI is InChI=1S/C27H28N10O3S/c1-35-9-8-21(34-35)20-6-3-15(13-29-20)19-7-10-36-24(28)23(41(2,39)40)22(32-26(19)36)16-11-17-4-5-18(12-16)37(17)27(38)25-30-14-31-33-25/h3,6-10,13-14,16-18H,4-5,11-12,28H2,1-2H3,(H,30,31,33)/t16?,17-,18+. The van der Waals surface area contributed by atoms with Gasteiger partial charge in [0.15, 0.2) is 9.84 Å². The maximum atomic E-state index is 13.1. The molecule has 5 aromatic heterocycles. The Morgan fingerprint density at radius 2 is 1.83 bits per heavy atom. The Labute approximate surface area is 235 Å². The third-order valence-electron chi connectivity index (χ3n) is 8.20. The number of H-pyrrole nitrogens is 1. The monoisotopic (exact) mass is 572 g/mol. The number of sulfone groups is 1. The summed E-state index contributed by atoms with van der Waals surface area (Å²) in [6.07, 6.45) is 10.7. The maximum absolute atomic E-state index is 13.1. The second-order valence-electron chi connectivity index (χ2n) is 10.8. The number of anilines is 1. The van der Waals surface area contributed by atoms with E-state index in [4.69, 9.17) is 10.7 Å². The number of carbonyl (C=O) groups is 1. The zero-order valence-corrected chi connectivity index (χ0v) is 23.3. The minimum absolute atomic E-state index is 0.0511. The summed E-state index contributed by atoms with van der Waals surface area (Å²) < 4.78 is 29.5. The molecule has 5 aromatic rings. The lowest BCUT2D eigenvalue weighted by atomic mass is 9.87. The number of hydrogen-bond donors (Lipinski definition) is 2. The second-order valence-corrected chi connectivity index (χ2v) is 12.8. The average molecular weight is 573 g/mol. The van der Waals surface area contributed by atoms with E-state index in [-0.39, 0.29) is 40.4 Å². The van der Waals surface area contributed by atoms with Crippen molar-refractivity contribution in [3.8, 4) is 22.5 Å². The van der Waals surface area contributed by atoms with Gasteiger partial charge >= 0.3 is 0 Å². The quantitative estimate of drug-likeness (QED) is 0.321. The van der Waals surface area contributed by atoms with Gasteiger partial charge in [0.1, 0.15) is 28.4 Å². The summed E-state index contributed by atoms with van der Waals surface area (Å²) in [6.45, 7) is 0. The predicted octanol–water partition coefficient (Wildman–Crippen LogP) is 2.45. The number of nitrogens with one attached hydrogen (secondary N) is 1. The molecule has 3 N–H and O–H groups in total. The first kappa shape index (κ1) is 25.4. The highest BCUT2D eigenvalue weighted by Gasteiger charge is 2.46. The van der Waals surface area contributed by atoms with E-state index in [2.05, 4.69) is 25.3 Å². The molecule has 2 aliphatic heterocycles. The number of carbonyl (C=O) groups excluding carboxylic acids is 1. The van der Waals surface area contributed by atoms with Crippen LogP contribution in [0.3, 0.4) is 0 Å². The van der Waals surface area contributed by atoms with Gasteiger partial charge in [-0.15, -0.1) is 0 Å². The van der Waals surface area contributed by atoms with Gasteiger partial charge < -0.3 is 10.6 Å². The van der Waals surface area contributed by atoms with E-state index in [0.29, 0.717) is 24.2 Å². The molecule has 0 aromatic carbocycles. The van der Waals surface area contributed by atoms with E-state index >= 15 is 0 Å². The minimum atomic E-state index is -3.71. The van der Waals surface area contributed by atoms with E-state index in [1.165, 1.54) is 6.33 Å². The van der Waals surface area contributed by atoms with Crippen LogP contribution in [-0.4, -0.2) is 76.9 Å². The highest BCUT2D eigenvalue weighted by Crippen LogP contribution is 2.45. The van der Waals surface area contributed by atoms with E-state index < -0.39 is 9.84 Å². The SMILES string of the molecule is Cn1ccc(-c2ccc(-c3ccn4c(N)c(S(C)(=O)=O)c(C5C[C@H]6CC[C@@H](C5)N6C(=O)c5ncn[nH]5)nc34)cn2)n1. The van der Waals surface area contributed by atoms with Gasteiger partial charge in [-0.3, -0.25) is 24.0 Å². The molecule has 2 saturated heterocycles. The summed E-state index contributed by atoms with van der Waals surface area (Å²) in [4.78, 5) is 28.7. The Morgan fingerprint density at radius 1 is 1.05 bits per heavy atom. The van der Waals surface area contributed by atoms with E-state index in [0.717, 1.165) is 41.6 Å². The summed E-state index contributed by atoms with van der Waals surface area (Å²) >= 11 is 0. The topological polar surface area (TPSA) is 170 Å². The molecular weight excluding hydrogens is 544 g/mol. The van der Waals surface area contributed by atoms with Crippen molar-refractivity contribution < 1.29 is 13.2 Å². The van der Waals surface area contributed by atoms with Gasteiger partial charge in [-0.1, -0.05) is 6.07 Å². The number of pyridine rings is 1. The fourth-order valence-electron chi connectivity index (χ4n) is 6.44. The van der Waals surface area contributed by atoms with Crippen LogP contribution in [0.25, 0.3) is 28.2 Å². The van der Waals surface area contributed by atoms with Crippen LogP contribution in [0.2, 0.25) is 0 Å². The summed E-state index contributed by atoms with van der Waals surface area (Å²) in [5.41, 5.74) is 10.7. The van der Waals surface area contributed by atoms with Crippen molar-refractivity contribution in [1.29, 1.82) is 0 Å². The molecule has 0 saturated carbocycles. The first-order valence-corrected chi connectivity index (χ1v) is 15.2.